The van der Waals surface area contributed by atoms with Gasteiger partial charge in [0.05, 0.1) is 27.3 Å². The van der Waals surface area contributed by atoms with E-state index in [0.29, 0.717) is 0 Å². The number of halogens is 1. The first-order chi connectivity index (χ1) is 11.5. The average molecular weight is 351 g/mol. The van der Waals surface area contributed by atoms with E-state index in [0.717, 1.165) is 73.0 Å². The minimum absolute atomic E-state index is 0.0786. The number of hydrogen-bond acceptors (Lipinski definition) is 4. The molecule has 1 saturated heterocycles. The second kappa shape index (κ2) is 7.30. The van der Waals surface area contributed by atoms with Crippen LogP contribution in [0.1, 0.15) is 32.5 Å². The molecule has 1 fully saturated rings. The van der Waals surface area contributed by atoms with Gasteiger partial charge in [0, 0.05) is 39.7 Å². The number of aromatic amines is 1. The quantitative estimate of drug-likeness (QED) is 0.838. The Bertz CT molecular complexity index is 692. The predicted octanol–water partition coefficient (Wildman–Crippen LogP) is 3.37. The van der Waals surface area contributed by atoms with Crippen LogP contribution in [0.3, 0.4) is 0 Å². The summed E-state index contributed by atoms with van der Waals surface area (Å²) in [6, 6.07) is 4.12. The zero-order valence-corrected chi connectivity index (χ0v) is 15.5. The third-order valence-electron chi connectivity index (χ3n) is 4.80. The molecule has 6 heteroatoms. The van der Waals surface area contributed by atoms with Gasteiger partial charge < -0.3 is 19.9 Å². The molecule has 0 radical (unpaired) electrons. The van der Waals surface area contributed by atoms with Crippen LogP contribution in [-0.4, -0.2) is 48.9 Å². The maximum atomic E-state index is 6.50. The minimum Gasteiger partial charge on any atom is -0.379 e. The molecule has 0 amide bonds. The third-order valence-corrected chi connectivity index (χ3v) is 5.10. The van der Waals surface area contributed by atoms with Crippen molar-refractivity contribution in [3.05, 3.63) is 23.0 Å². The van der Waals surface area contributed by atoms with Crippen LogP contribution in [0.4, 0.5) is 5.69 Å². The van der Waals surface area contributed by atoms with Gasteiger partial charge >= 0.3 is 0 Å². The Hall–Kier alpha value is -1.30. The lowest BCUT2D eigenvalue weighted by molar-refractivity contribution is 0.0139. The molecular formula is C18H27ClN4O. The molecule has 1 aliphatic rings. The standard InChI is InChI=1S/C18H27ClN4O/c1-18(2,24-3)6-4-5-17-21-14-11-13(19)16(12-15(14)22-17)23-9-7-20-8-10-23/h11-12,20H,4-10H2,1-3H3,(H,21,22). The van der Waals surface area contributed by atoms with Gasteiger partial charge in [-0.1, -0.05) is 11.6 Å². The van der Waals surface area contributed by atoms with Gasteiger partial charge in [0.1, 0.15) is 5.82 Å². The number of piperazine rings is 1. The van der Waals surface area contributed by atoms with E-state index < -0.39 is 0 Å². The molecule has 1 aromatic carbocycles. The summed E-state index contributed by atoms with van der Waals surface area (Å²) in [4.78, 5) is 10.5. The van der Waals surface area contributed by atoms with Crippen LogP contribution in [0.15, 0.2) is 12.1 Å². The summed E-state index contributed by atoms with van der Waals surface area (Å²) >= 11 is 6.50. The summed E-state index contributed by atoms with van der Waals surface area (Å²) in [6.07, 6.45) is 2.97. The van der Waals surface area contributed by atoms with Crippen molar-refractivity contribution in [2.75, 3.05) is 38.2 Å². The van der Waals surface area contributed by atoms with Crippen molar-refractivity contribution in [1.29, 1.82) is 0 Å². The molecule has 0 atom stereocenters. The molecule has 0 saturated carbocycles. The Morgan fingerprint density at radius 1 is 1.29 bits per heavy atom. The van der Waals surface area contributed by atoms with Crippen molar-refractivity contribution < 1.29 is 4.74 Å². The molecule has 2 heterocycles. The molecular weight excluding hydrogens is 324 g/mol. The highest BCUT2D eigenvalue weighted by atomic mass is 35.5. The maximum Gasteiger partial charge on any atom is 0.107 e. The molecule has 0 spiro atoms. The van der Waals surface area contributed by atoms with Gasteiger partial charge in [0.2, 0.25) is 0 Å². The average Bonchev–Trinajstić information content (AvgIpc) is 2.96. The fourth-order valence-electron chi connectivity index (χ4n) is 3.12. The number of rotatable bonds is 6. The SMILES string of the molecule is COC(C)(C)CCCc1nc2cc(N3CCNCC3)c(Cl)cc2[nH]1. The van der Waals surface area contributed by atoms with Crippen LogP contribution in [0.2, 0.25) is 5.02 Å². The molecule has 1 aromatic heterocycles. The molecule has 2 aromatic rings. The van der Waals surface area contributed by atoms with Crippen molar-refractivity contribution in [2.45, 2.75) is 38.7 Å². The first-order valence-corrected chi connectivity index (χ1v) is 9.05. The summed E-state index contributed by atoms with van der Waals surface area (Å²) in [5, 5.41) is 4.16. The first-order valence-electron chi connectivity index (χ1n) is 8.67. The molecule has 24 heavy (non-hydrogen) atoms. The fourth-order valence-corrected chi connectivity index (χ4v) is 3.41. The van der Waals surface area contributed by atoms with E-state index in [1.165, 1.54) is 0 Å². The zero-order valence-electron chi connectivity index (χ0n) is 14.8. The van der Waals surface area contributed by atoms with Crippen LogP contribution in [0.25, 0.3) is 11.0 Å². The second-order valence-corrected chi connectivity index (χ2v) is 7.47. The van der Waals surface area contributed by atoms with Gasteiger partial charge in [-0.3, -0.25) is 0 Å². The number of nitrogens with one attached hydrogen (secondary N) is 2. The number of aromatic nitrogens is 2. The first kappa shape index (κ1) is 17.5. The van der Waals surface area contributed by atoms with E-state index in [1.54, 1.807) is 7.11 Å². The van der Waals surface area contributed by atoms with E-state index in [1.807, 2.05) is 6.07 Å². The number of imidazole rings is 1. The van der Waals surface area contributed by atoms with Crippen molar-refractivity contribution >= 4 is 28.3 Å². The van der Waals surface area contributed by atoms with Crippen LogP contribution >= 0.6 is 11.6 Å². The summed E-state index contributed by atoms with van der Waals surface area (Å²) in [5.41, 5.74) is 3.02. The lowest BCUT2D eigenvalue weighted by Gasteiger charge is -2.30. The minimum atomic E-state index is -0.0786. The van der Waals surface area contributed by atoms with Crippen LogP contribution in [0.5, 0.6) is 0 Å². The smallest absolute Gasteiger partial charge is 0.107 e. The van der Waals surface area contributed by atoms with Crippen molar-refractivity contribution in [3.8, 4) is 0 Å². The Morgan fingerprint density at radius 3 is 2.75 bits per heavy atom. The molecule has 1 aliphatic heterocycles. The highest BCUT2D eigenvalue weighted by Gasteiger charge is 2.17. The van der Waals surface area contributed by atoms with E-state index in [-0.39, 0.29) is 5.60 Å². The fraction of sp³-hybridized carbons (Fsp3) is 0.611. The van der Waals surface area contributed by atoms with Gasteiger partial charge in [-0.25, -0.2) is 4.98 Å². The number of nitrogens with zero attached hydrogens (tertiary/aromatic N) is 2. The number of anilines is 1. The molecule has 0 unspecified atom stereocenters. The highest BCUT2D eigenvalue weighted by molar-refractivity contribution is 6.34. The van der Waals surface area contributed by atoms with E-state index >= 15 is 0 Å². The Morgan fingerprint density at radius 2 is 2.04 bits per heavy atom. The largest absolute Gasteiger partial charge is 0.379 e. The Labute approximate surface area is 148 Å². The lowest BCUT2D eigenvalue weighted by Crippen LogP contribution is -2.43. The van der Waals surface area contributed by atoms with E-state index in [4.69, 9.17) is 21.3 Å². The number of aryl methyl sites for hydroxylation is 1. The predicted molar refractivity (Wildman–Crippen MR) is 100 cm³/mol. The van der Waals surface area contributed by atoms with E-state index in [9.17, 15) is 0 Å². The third kappa shape index (κ3) is 4.02. The lowest BCUT2D eigenvalue weighted by atomic mass is 10.0. The van der Waals surface area contributed by atoms with Gasteiger partial charge in [-0.15, -0.1) is 0 Å². The van der Waals surface area contributed by atoms with Crippen molar-refractivity contribution in [3.63, 3.8) is 0 Å². The molecule has 3 rings (SSSR count). The summed E-state index contributed by atoms with van der Waals surface area (Å²) in [5.74, 6) is 1.02. The molecule has 2 N–H and O–H groups in total. The van der Waals surface area contributed by atoms with Gasteiger partial charge in [-0.05, 0) is 38.8 Å². The van der Waals surface area contributed by atoms with Crippen LogP contribution in [0, 0.1) is 0 Å². The molecule has 0 aliphatic carbocycles. The number of benzene rings is 1. The Kier molecular flexibility index (Phi) is 5.33. The molecule has 132 valence electrons. The Balaban J connectivity index is 1.73. The molecule has 0 bridgehead atoms. The van der Waals surface area contributed by atoms with Gasteiger partial charge in [0.15, 0.2) is 0 Å². The normalized spacial score (nSPS) is 16.1. The molecule has 5 nitrogen and oxygen atoms in total. The van der Waals surface area contributed by atoms with Gasteiger partial charge in [-0.2, -0.15) is 0 Å². The second-order valence-electron chi connectivity index (χ2n) is 7.06. The van der Waals surface area contributed by atoms with Crippen molar-refractivity contribution in [1.82, 2.24) is 15.3 Å². The maximum absolute atomic E-state index is 6.50. The van der Waals surface area contributed by atoms with E-state index in [2.05, 4.69) is 35.1 Å². The number of hydrogen-bond donors (Lipinski definition) is 2. The number of methoxy groups -OCH3 is 1. The summed E-state index contributed by atoms with van der Waals surface area (Å²) in [7, 11) is 1.76. The van der Waals surface area contributed by atoms with Crippen LogP contribution in [-0.2, 0) is 11.2 Å². The summed E-state index contributed by atoms with van der Waals surface area (Å²) < 4.78 is 5.47. The number of H-pyrrole nitrogens is 1. The number of ether oxygens (including phenoxy) is 1. The van der Waals surface area contributed by atoms with Gasteiger partial charge in [0.25, 0.3) is 0 Å². The topological polar surface area (TPSA) is 53.2 Å². The monoisotopic (exact) mass is 350 g/mol. The van der Waals surface area contributed by atoms with Crippen molar-refractivity contribution in [2.24, 2.45) is 0 Å². The number of fused-ring (bicyclic) bond motifs is 1. The van der Waals surface area contributed by atoms with Crippen LogP contribution < -0.4 is 10.2 Å². The zero-order chi connectivity index (χ0) is 17.2. The summed E-state index contributed by atoms with van der Waals surface area (Å²) in [6.45, 7) is 8.18. The highest BCUT2D eigenvalue weighted by Crippen LogP contribution is 2.30.